The number of benzene rings is 1. The quantitative estimate of drug-likeness (QED) is 0.338. The van der Waals surface area contributed by atoms with Crippen molar-refractivity contribution in [3.8, 4) is 0 Å². The fraction of sp³-hybridized carbons (Fsp3) is 0.429. The Labute approximate surface area is 171 Å². The first-order valence-electron chi connectivity index (χ1n) is 6.71. The molecule has 0 aliphatic heterocycles. The summed E-state index contributed by atoms with van der Waals surface area (Å²) >= 11 is 34.7. The van der Waals surface area contributed by atoms with Gasteiger partial charge in [0.15, 0.2) is 5.11 Å². The third kappa shape index (κ3) is 6.98. The zero-order valence-corrected chi connectivity index (χ0v) is 17.6. The molecule has 3 N–H and O–H groups in total. The number of rotatable bonds is 3. The molecule has 0 saturated carbocycles. The number of alkyl halides is 3. The highest BCUT2D eigenvalue weighted by molar-refractivity contribution is 7.80. The Morgan fingerprint density at radius 1 is 1.08 bits per heavy atom. The van der Waals surface area contributed by atoms with Gasteiger partial charge in [0.2, 0.25) is 9.70 Å². The molecule has 0 saturated heterocycles. The highest BCUT2D eigenvalue weighted by atomic mass is 35.6. The maximum absolute atomic E-state index is 12.1. The van der Waals surface area contributed by atoms with Crippen LogP contribution in [0.25, 0.3) is 0 Å². The van der Waals surface area contributed by atoms with Crippen molar-refractivity contribution in [1.82, 2.24) is 10.6 Å². The van der Waals surface area contributed by atoms with E-state index in [4.69, 9.17) is 70.2 Å². The lowest BCUT2D eigenvalue weighted by Gasteiger charge is -2.30. The molecule has 0 spiro atoms. The second-order valence-electron chi connectivity index (χ2n) is 5.93. The molecule has 1 atom stereocenters. The normalized spacial score (nSPS) is 13.2. The van der Waals surface area contributed by atoms with Crippen LogP contribution in [-0.2, 0) is 4.79 Å². The molecule has 0 heterocycles. The molecule has 1 aromatic rings. The second-order valence-corrected chi connectivity index (χ2v) is 9.52. The molecular formula is C14H16Cl5N3OS. The fourth-order valence-electron chi connectivity index (χ4n) is 1.42. The van der Waals surface area contributed by atoms with E-state index in [0.29, 0.717) is 15.7 Å². The molecule has 0 unspecified atom stereocenters. The molecule has 0 aliphatic rings. The van der Waals surface area contributed by atoms with Crippen LogP contribution in [0.4, 0.5) is 5.69 Å². The smallest absolute Gasteiger partial charge is 0.228 e. The highest BCUT2D eigenvalue weighted by Gasteiger charge is 2.36. The number of carbonyl (C=O) groups is 1. The minimum absolute atomic E-state index is 0.138. The Bertz CT molecular complexity index is 628. The lowest BCUT2D eigenvalue weighted by atomic mass is 9.95. The molecule has 0 fully saturated rings. The average molecular weight is 452 g/mol. The van der Waals surface area contributed by atoms with E-state index in [1.807, 2.05) is 0 Å². The lowest BCUT2D eigenvalue weighted by Crippen LogP contribution is -2.58. The number of amides is 1. The summed E-state index contributed by atoms with van der Waals surface area (Å²) < 4.78 is -1.82. The van der Waals surface area contributed by atoms with E-state index in [1.54, 1.807) is 39.0 Å². The molecule has 0 radical (unpaired) electrons. The van der Waals surface area contributed by atoms with Gasteiger partial charge in [0.05, 0.1) is 10.0 Å². The number of nitrogens with one attached hydrogen (secondary N) is 3. The molecule has 10 heteroatoms. The van der Waals surface area contributed by atoms with Crippen molar-refractivity contribution >= 4 is 86.9 Å². The predicted octanol–water partition coefficient (Wildman–Crippen LogP) is 5.14. The van der Waals surface area contributed by atoms with Gasteiger partial charge in [-0.05, 0) is 30.4 Å². The van der Waals surface area contributed by atoms with Gasteiger partial charge in [-0.3, -0.25) is 4.79 Å². The Morgan fingerprint density at radius 3 is 2.12 bits per heavy atom. The topological polar surface area (TPSA) is 53.2 Å². The van der Waals surface area contributed by atoms with Crippen molar-refractivity contribution in [2.24, 2.45) is 5.41 Å². The largest absolute Gasteiger partial charge is 0.339 e. The zero-order chi connectivity index (χ0) is 18.7. The van der Waals surface area contributed by atoms with Gasteiger partial charge in [-0.1, -0.05) is 78.8 Å². The predicted molar refractivity (Wildman–Crippen MR) is 107 cm³/mol. The zero-order valence-electron chi connectivity index (χ0n) is 13.0. The first-order chi connectivity index (χ1) is 10.8. The van der Waals surface area contributed by atoms with E-state index in [0.717, 1.165) is 0 Å². The van der Waals surface area contributed by atoms with E-state index in [1.165, 1.54) is 0 Å². The Kier molecular flexibility index (Phi) is 7.72. The number of hydrogen-bond acceptors (Lipinski definition) is 2. The van der Waals surface area contributed by atoms with Crippen LogP contribution in [-0.4, -0.2) is 21.0 Å². The highest BCUT2D eigenvalue weighted by Crippen LogP contribution is 2.30. The van der Waals surface area contributed by atoms with Crippen molar-refractivity contribution in [2.45, 2.75) is 30.7 Å². The van der Waals surface area contributed by atoms with Gasteiger partial charge < -0.3 is 16.0 Å². The lowest BCUT2D eigenvalue weighted by molar-refractivity contribution is -0.129. The van der Waals surface area contributed by atoms with Crippen LogP contribution < -0.4 is 16.0 Å². The van der Waals surface area contributed by atoms with Gasteiger partial charge >= 0.3 is 0 Å². The monoisotopic (exact) mass is 449 g/mol. The maximum atomic E-state index is 12.1. The molecule has 24 heavy (non-hydrogen) atoms. The number of anilines is 1. The van der Waals surface area contributed by atoms with E-state index >= 15 is 0 Å². The van der Waals surface area contributed by atoms with Crippen molar-refractivity contribution < 1.29 is 4.79 Å². The third-order valence-corrected chi connectivity index (χ3v) is 4.35. The average Bonchev–Trinajstić information content (AvgIpc) is 2.40. The first kappa shape index (κ1) is 21.9. The van der Waals surface area contributed by atoms with Crippen molar-refractivity contribution in [2.75, 3.05) is 5.32 Å². The van der Waals surface area contributed by atoms with Gasteiger partial charge in [0, 0.05) is 11.1 Å². The summed E-state index contributed by atoms with van der Waals surface area (Å²) in [7, 11) is 0. The van der Waals surface area contributed by atoms with Gasteiger partial charge in [-0.15, -0.1) is 0 Å². The summed E-state index contributed by atoms with van der Waals surface area (Å²) in [5, 5.41) is 9.16. The molecular weight excluding hydrogens is 436 g/mol. The van der Waals surface area contributed by atoms with Crippen molar-refractivity contribution in [3.63, 3.8) is 0 Å². The molecule has 1 amide bonds. The van der Waals surface area contributed by atoms with E-state index in [9.17, 15) is 4.79 Å². The summed E-state index contributed by atoms with van der Waals surface area (Å²) in [5.41, 5.74) is -0.0682. The standard InChI is InChI=1S/C14H16Cl5N3OS/c1-13(2,3)11(23)21-10(14(17,18)19)22-12(24)20-7-4-5-8(15)9(16)6-7/h4-6,10H,1-3H3,(H,21,23)(H2,20,22,24)/t10-/m1/s1. The molecule has 0 bridgehead atoms. The van der Waals surface area contributed by atoms with Crippen LogP contribution in [0.3, 0.4) is 0 Å². The third-order valence-electron chi connectivity index (χ3n) is 2.74. The SMILES string of the molecule is CC(C)(C)C(=O)N[C@H](NC(=S)Nc1ccc(Cl)c(Cl)c1)C(Cl)(Cl)Cl. The summed E-state index contributed by atoms with van der Waals surface area (Å²) in [6, 6.07) is 4.89. The number of carbonyl (C=O) groups excluding carboxylic acids is 1. The molecule has 0 aromatic heterocycles. The maximum Gasteiger partial charge on any atom is 0.228 e. The minimum atomic E-state index is -1.82. The van der Waals surface area contributed by atoms with Crippen LogP contribution in [0.5, 0.6) is 0 Å². The van der Waals surface area contributed by atoms with Crippen LogP contribution in [0, 0.1) is 5.41 Å². The van der Waals surface area contributed by atoms with Gasteiger partial charge in [-0.25, -0.2) is 0 Å². The van der Waals surface area contributed by atoms with Crippen LogP contribution in [0.15, 0.2) is 18.2 Å². The Balaban J connectivity index is 2.81. The van der Waals surface area contributed by atoms with E-state index in [-0.39, 0.29) is 11.0 Å². The number of hydrogen-bond donors (Lipinski definition) is 3. The Morgan fingerprint density at radius 2 is 1.67 bits per heavy atom. The minimum Gasteiger partial charge on any atom is -0.339 e. The van der Waals surface area contributed by atoms with Gasteiger partial charge in [0.25, 0.3) is 0 Å². The number of halogens is 5. The molecule has 0 aliphatic carbocycles. The van der Waals surface area contributed by atoms with Crippen LogP contribution >= 0.6 is 70.2 Å². The Hall–Kier alpha value is -0.170. The van der Waals surface area contributed by atoms with Crippen molar-refractivity contribution in [3.05, 3.63) is 28.2 Å². The summed E-state index contributed by atoms with van der Waals surface area (Å²) in [6.07, 6.45) is -1.03. The summed E-state index contributed by atoms with van der Waals surface area (Å²) in [6.45, 7) is 5.22. The summed E-state index contributed by atoms with van der Waals surface area (Å²) in [5.74, 6) is -0.302. The van der Waals surface area contributed by atoms with Crippen LogP contribution in [0.1, 0.15) is 20.8 Å². The second kappa shape index (κ2) is 8.47. The van der Waals surface area contributed by atoms with Crippen LogP contribution in [0.2, 0.25) is 10.0 Å². The van der Waals surface area contributed by atoms with Crippen molar-refractivity contribution in [1.29, 1.82) is 0 Å². The van der Waals surface area contributed by atoms with E-state index < -0.39 is 15.4 Å². The molecule has 4 nitrogen and oxygen atoms in total. The van der Waals surface area contributed by atoms with Gasteiger partial charge in [-0.2, -0.15) is 0 Å². The molecule has 1 aromatic carbocycles. The van der Waals surface area contributed by atoms with E-state index in [2.05, 4.69) is 16.0 Å². The van der Waals surface area contributed by atoms with Gasteiger partial charge in [0.1, 0.15) is 6.17 Å². The molecule has 1 rings (SSSR count). The summed E-state index contributed by atoms with van der Waals surface area (Å²) in [4.78, 5) is 12.1. The molecule has 134 valence electrons. The first-order valence-corrected chi connectivity index (χ1v) is 9.01. The fourth-order valence-corrected chi connectivity index (χ4v) is 2.28. The number of thiocarbonyl (C=S) groups is 1.